The van der Waals surface area contributed by atoms with Crippen molar-refractivity contribution in [3.63, 3.8) is 0 Å². The standard InChI is InChI=1S/C17H15Cl2N3O3/c1-22(17(25)11-5-2-4-10(8-11)16(20)24)9-14(23)21-15-12(18)6-3-7-13(15)19/h2-8H,9H2,1H3,(H2,20,24)(H,21,23). The highest BCUT2D eigenvalue weighted by Crippen LogP contribution is 2.29. The molecule has 0 unspecified atom stereocenters. The molecule has 0 radical (unpaired) electrons. The van der Waals surface area contributed by atoms with Gasteiger partial charge in [0.2, 0.25) is 11.8 Å². The number of nitrogens with zero attached hydrogens (tertiary/aromatic N) is 1. The van der Waals surface area contributed by atoms with Crippen molar-refractivity contribution < 1.29 is 14.4 Å². The average Bonchev–Trinajstić information content (AvgIpc) is 2.57. The minimum atomic E-state index is -0.636. The van der Waals surface area contributed by atoms with E-state index < -0.39 is 17.7 Å². The van der Waals surface area contributed by atoms with Gasteiger partial charge in [0.05, 0.1) is 22.3 Å². The van der Waals surface area contributed by atoms with Crippen LogP contribution in [0.1, 0.15) is 20.7 Å². The summed E-state index contributed by atoms with van der Waals surface area (Å²) in [5, 5.41) is 3.17. The van der Waals surface area contributed by atoms with Gasteiger partial charge in [-0.2, -0.15) is 0 Å². The Morgan fingerprint density at radius 2 is 1.60 bits per heavy atom. The van der Waals surface area contributed by atoms with Gasteiger partial charge in [0, 0.05) is 18.2 Å². The molecule has 3 amide bonds. The van der Waals surface area contributed by atoms with Crippen LogP contribution in [0.5, 0.6) is 0 Å². The number of hydrogen-bond donors (Lipinski definition) is 2. The van der Waals surface area contributed by atoms with Crippen LogP contribution in [0.15, 0.2) is 42.5 Å². The van der Waals surface area contributed by atoms with Crippen LogP contribution < -0.4 is 11.1 Å². The summed E-state index contributed by atoms with van der Waals surface area (Å²) in [5.74, 6) is -1.52. The van der Waals surface area contributed by atoms with Gasteiger partial charge in [-0.25, -0.2) is 0 Å². The summed E-state index contributed by atoms with van der Waals surface area (Å²) in [6, 6.07) is 10.8. The van der Waals surface area contributed by atoms with Gasteiger partial charge in [-0.3, -0.25) is 14.4 Å². The molecule has 0 spiro atoms. The van der Waals surface area contributed by atoms with Gasteiger partial charge in [0.15, 0.2) is 0 Å². The van der Waals surface area contributed by atoms with Crippen LogP contribution >= 0.6 is 23.2 Å². The molecule has 0 saturated carbocycles. The van der Waals surface area contributed by atoms with Gasteiger partial charge in [-0.15, -0.1) is 0 Å². The molecule has 0 heterocycles. The summed E-state index contributed by atoms with van der Waals surface area (Å²) in [4.78, 5) is 36.9. The van der Waals surface area contributed by atoms with Gasteiger partial charge in [-0.1, -0.05) is 35.3 Å². The predicted molar refractivity (Wildman–Crippen MR) is 97.0 cm³/mol. The van der Waals surface area contributed by atoms with E-state index in [0.29, 0.717) is 10.0 Å². The van der Waals surface area contributed by atoms with E-state index in [1.54, 1.807) is 24.3 Å². The fourth-order valence-electron chi connectivity index (χ4n) is 2.11. The number of halogens is 2. The number of para-hydroxylation sites is 1. The molecule has 8 heteroatoms. The summed E-state index contributed by atoms with van der Waals surface area (Å²) < 4.78 is 0. The monoisotopic (exact) mass is 379 g/mol. The maximum Gasteiger partial charge on any atom is 0.254 e. The number of carbonyl (C=O) groups is 3. The third-order valence-corrected chi connectivity index (χ3v) is 3.98. The molecule has 25 heavy (non-hydrogen) atoms. The first-order valence-corrected chi connectivity index (χ1v) is 7.94. The van der Waals surface area contributed by atoms with Crippen LogP contribution in [-0.2, 0) is 4.79 Å². The van der Waals surface area contributed by atoms with Gasteiger partial charge in [0.1, 0.15) is 0 Å². The number of amides is 3. The van der Waals surface area contributed by atoms with E-state index in [-0.39, 0.29) is 23.4 Å². The van der Waals surface area contributed by atoms with Gasteiger partial charge in [0.25, 0.3) is 5.91 Å². The van der Waals surface area contributed by atoms with Gasteiger partial charge >= 0.3 is 0 Å². The number of carbonyl (C=O) groups excluding carboxylic acids is 3. The van der Waals surface area contributed by atoms with Crippen molar-refractivity contribution in [2.45, 2.75) is 0 Å². The Morgan fingerprint density at radius 1 is 1.04 bits per heavy atom. The highest BCUT2D eigenvalue weighted by molar-refractivity contribution is 6.39. The number of benzene rings is 2. The second kappa shape index (κ2) is 8.00. The Balaban J connectivity index is 2.07. The van der Waals surface area contributed by atoms with E-state index in [9.17, 15) is 14.4 Å². The highest BCUT2D eigenvalue weighted by Gasteiger charge is 2.17. The molecule has 0 atom stereocenters. The number of nitrogens with one attached hydrogen (secondary N) is 1. The molecule has 3 N–H and O–H groups in total. The maximum atomic E-state index is 12.4. The van der Waals surface area contributed by atoms with E-state index >= 15 is 0 Å². The SMILES string of the molecule is CN(CC(=O)Nc1c(Cl)cccc1Cl)C(=O)c1cccc(C(N)=O)c1. The van der Waals surface area contributed by atoms with E-state index in [1.807, 2.05) is 0 Å². The van der Waals surface area contributed by atoms with Crippen molar-refractivity contribution in [3.05, 3.63) is 63.6 Å². The first-order valence-electron chi connectivity index (χ1n) is 7.18. The van der Waals surface area contributed by atoms with Crippen LogP contribution in [0.2, 0.25) is 10.0 Å². The van der Waals surface area contributed by atoms with Crippen molar-refractivity contribution in [1.82, 2.24) is 4.90 Å². The molecule has 0 saturated heterocycles. The zero-order valence-corrected chi connectivity index (χ0v) is 14.8. The lowest BCUT2D eigenvalue weighted by atomic mass is 10.1. The first-order chi connectivity index (χ1) is 11.8. The number of nitrogens with two attached hydrogens (primary N) is 1. The first kappa shape index (κ1) is 18.8. The van der Waals surface area contributed by atoms with Crippen molar-refractivity contribution in [2.75, 3.05) is 18.9 Å². The molecule has 0 aromatic heterocycles. The second-order valence-electron chi connectivity index (χ2n) is 5.25. The van der Waals surface area contributed by atoms with Crippen molar-refractivity contribution in [2.24, 2.45) is 5.73 Å². The average molecular weight is 380 g/mol. The van der Waals surface area contributed by atoms with Crippen molar-refractivity contribution in [3.8, 4) is 0 Å². The quantitative estimate of drug-likeness (QED) is 0.836. The molecular weight excluding hydrogens is 365 g/mol. The normalized spacial score (nSPS) is 10.2. The summed E-state index contributed by atoms with van der Waals surface area (Å²) >= 11 is 12.0. The second-order valence-corrected chi connectivity index (χ2v) is 6.07. The van der Waals surface area contributed by atoms with E-state index in [0.717, 1.165) is 0 Å². The summed E-state index contributed by atoms with van der Waals surface area (Å²) in [6.07, 6.45) is 0. The Bertz CT molecular complexity index is 819. The number of likely N-dealkylation sites (N-methyl/N-ethyl adjacent to an activating group) is 1. The lowest BCUT2D eigenvalue weighted by molar-refractivity contribution is -0.116. The molecule has 0 aliphatic heterocycles. The smallest absolute Gasteiger partial charge is 0.254 e. The van der Waals surface area contributed by atoms with Gasteiger partial charge < -0.3 is 16.0 Å². The fraction of sp³-hybridized carbons (Fsp3) is 0.118. The van der Waals surface area contributed by atoms with Crippen molar-refractivity contribution >= 4 is 46.6 Å². The zero-order chi connectivity index (χ0) is 18.6. The molecule has 2 rings (SSSR count). The third-order valence-electron chi connectivity index (χ3n) is 3.35. The maximum absolute atomic E-state index is 12.4. The summed E-state index contributed by atoms with van der Waals surface area (Å²) in [6.45, 7) is -0.221. The minimum absolute atomic E-state index is 0.214. The minimum Gasteiger partial charge on any atom is -0.366 e. The van der Waals surface area contributed by atoms with Crippen LogP contribution in [0.3, 0.4) is 0 Å². The Kier molecular flexibility index (Phi) is 6.01. The highest BCUT2D eigenvalue weighted by atomic mass is 35.5. The molecule has 0 bridgehead atoms. The van der Waals surface area contributed by atoms with E-state index in [4.69, 9.17) is 28.9 Å². The van der Waals surface area contributed by atoms with Gasteiger partial charge in [-0.05, 0) is 30.3 Å². The van der Waals surface area contributed by atoms with E-state index in [1.165, 1.54) is 30.1 Å². The topological polar surface area (TPSA) is 92.5 Å². The van der Waals surface area contributed by atoms with Crippen LogP contribution in [-0.4, -0.2) is 36.2 Å². The molecule has 0 fully saturated rings. The molecule has 130 valence electrons. The number of hydrogen-bond acceptors (Lipinski definition) is 3. The molecule has 2 aromatic rings. The molecule has 0 aliphatic carbocycles. The van der Waals surface area contributed by atoms with E-state index in [2.05, 4.69) is 5.32 Å². The Hall–Kier alpha value is -2.57. The zero-order valence-electron chi connectivity index (χ0n) is 13.3. The van der Waals surface area contributed by atoms with Crippen LogP contribution in [0.25, 0.3) is 0 Å². The Labute approximate surface area is 154 Å². The number of anilines is 1. The molecule has 6 nitrogen and oxygen atoms in total. The third kappa shape index (κ3) is 4.71. The van der Waals surface area contributed by atoms with Crippen LogP contribution in [0.4, 0.5) is 5.69 Å². The summed E-state index contributed by atoms with van der Waals surface area (Å²) in [5.41, 5.74) is 5.95. The van der Waals surface area contributed by atoms with Crippen LogP contribution in [0, 0.1) is 0 Å². The molecule has 0 aliphatic rings. The Morgan fingerprint density at radius 3 is 2.20 bits per heavy atom. The lowest BCUT2D eigenvalue weighted by Gasteiger charge is -2.18. The largest absolute Gasteiger partial charge is 0.366 e. The predicted octanol–water partition coefficient (Wildman–Crippen LogP) is 2.80. The molecular formula is C17H15Cl2N3O3. The number of rotatable bonds is 5. The fourth-order valence-corrected chi connectivity index (χ4v) is 2.60. The number of primary amides is 1. The van der Waals surface area contributed by atoms with Crippen molar-refractivity contribution in [1.29, 1.82) is 0 Å². The summed E-state index contributed by atoms with van der Waals surface area (Å²) in [7, 11) is 1.47. The molecule has 2 aromatic carbocycles. The lowest BCUT2D eigenvalue weighted by Crippen LogP contribution is -2.35.